The third kappa shape index (κ3) is 23.6. The molecule has 4 fully saturated rings. The molecule has 3 aromatic heterocycles. The number of methoxy groups -OCH3 is 2. The summed E-state index contributed by atoms with van der Waals surface area (Å²) in [7, 11) is -2.82. The van der Waals surface area contributed by atoms with Crippen LogP contribution in [0.3, 0.4) is 0 Å². The molecule has 0 atom stereocenters. The monoisotopic (exact) mass is 1690 g/mol. The Kier molecular flexibility index (Phi) is 29.3. The number of ether oxygens (including phenoxy) is 3. The first-order valence-corrected chi connectivity index (χ1v) is 49.8. The lowest BCUT2D eigenvalue weighted by Crippen LogP contribution is -2.53. The van der Waals surface area contributed by atoms with Crippen molar-refractivity contribution in [3.8, 4) is 17.2 Å². The van der Waals surface area contributed by atoms with Crippen molar-refractivity contribution in [3.05, 3.63) is 156 Å². The van der Waals surface area contributed by atoms with E-state index in [0.717, 1.165) is 118 Å². The van der Waals surface area contributed by atoms with Gasteiger partial charge in [0, 0.05) is 154 Å². The Morgan fingerprint density at radius 2 is 0.826 bits per heavy atom. The summed E-state index contributed by atoms with van der Waals surface area (Å²) in [5, 5.41) is 22.4. The van der Waals surface area contributed by atoms with Gasteiger partial charge in [-0.1, -0.05) is 54.4 Å². The van der Waals surface area contributed by atoms with Crippen LogP contribution in [0.15, 0.2) is 140 Å². The number of nitrogens with one attached hydrogen (secondary N) is 6. The summed E-state index contributed by atoms with van der Waals surface area (Å²) in [5.74, 6) is 3.15. The van der Waals surface area contributed by atoms with Gasteiger partial charge >= 0.3 is 0 Å². The summed E-state index contributed by atoms with van der Waals surface area (Å²) in [6, 6.07) is 38.8. The average Bonchev–Trinajstić information content (AvgIpc) is 0.794. The number of hydrogen-bond donors (Lipinski definition) is 6. The van der Waals surface area contributed by atoms with Gasteiger partial charge in [0.1, 0.15) is 55.9 Å². The van der Waals surface area contributed by atoms with Crippen molar-refractivity contribution >= 4 is 159 Å². The van der Waals surface area contributed by atoms with Crippen LogP contribution in [0.25, 0.3) is 0 Å². The molecule has 4 aliphatic heterocycles. The van der Waals surface area contributed by atoms with Gasteiger partial charge in [0.15, 0.2) is 23.3 Å². The van der Waals surface area contributed by atoms with Gasteiger partial charge in [0.25, 0.3) is 0 Å². The molecule has 4 aliphatic rings. The summed E-state index contributed by atoms with van der Waals surface area (Å²) < 4.78 is 83.3. The van der Waals surface area contributed by atoms with Crippen LogP contribution in [0.2, 0.25) is 10.0 Å². The smallest absolute Gasteiger partial charge is 0.229 e. The van der Waals surface area contributed by atoms with Crippen molar-refractivity contribution in [2.24, 2.45) is 0 Å². The van der Waals surface area contributed by atoms with E-state index in [4.69, 9.17) is 37.4 Å². The maximum Gasteiger partial charge on any atom is 0.229 e. The molecule has 0 bridgehead atoms. The number of para-hydroxylation sites is 2. The fourth-order valence-corrected chi connectivity index (χ4v) is 18.7. The van der Waals surface area contributed by atoms with Crippen LogP contribution in [-0.2, 0) is 18.3 Å². The van der Waals surface area contributed by atoms with Crippen LogP contribution in [0.4, 0.5) is 90.9 Å². The summed E-state index contributed by atoms with van der Waals surface area (Å²) in [4.78, 5) is 43.4. The maximum absolute atomic E-state index is 14.5. The number of likely N-dealkylation sites (N-methyl/N-ethyl adjacent to an activating group) is 3. The maximum atomic E-state index is 14.5. The van der Waals surface area contributed by atoms with Gasteiger partial charge in [0.05, 0.1) is 73.0 Å². The number of anilines is 15. The molecular formula is C82H110Cl2FN19O7P4. The second-order valence-corrected chi connectivity index (χ2v) is 44.5. The zero-order chi connectivity index (χ0) is 82.5. The highest BCUT2D eigenvalue weighted by atomic mass is 35.5. The summed E-state index contributed by atoms with van der Waals surface area (Å²) in [6.07, 6.45) is 6.51. The quantitative estimate of drug-likeness (QED) is 0.0290. The van der Waals surface area contributed by atoms with Crippen molar-refractivity contribution < 1.29 is 36.9 Å². The Labute approximate surface area is 686 Å². The van der Waals surface area contributed by atoms with E-state index in [1.807, 2.05) is 80.6 Å². The van der Waals surface area contributed by atoms with Gasteiger partial charge in [-0.05, 0) is 180 Å². The number of benzene rings is 6. The van der Waals surface area contributed by atoms with Crippen LogP contribution in [0.1, 0.15) is 33.6 Å². The first-order valence-electron chi connectivity index (χ1n) is 38.7. The van der Waals surface area contributed by atoms with E-state index in [0.29, 0.717) is 89.8 Å². The summed E-state index contributed by atoms with van der Waals surface area (Å²) in [5.41, 5.74) is 7.37. The fourth-order valence-electron chi connectivity index (χ4n) is 14.0. The lowest BCUT2D eigenvalue weighted by Gasteiger charge is -2.43. The lowest BCUT2D eigenvalue weighted by atomic mass is 10.0. The Hall–Kier alpha value is -8.57. The standard InChI is InChI=1S/C32H45ClN7O2P.C26H35ClN6O3P2.C24H30FN6O2P/c1-6-38-17-19-40(20-18-38)24-13-15-39(16-14-24)25-11-12-27(29(21-25)42-23(2)3)36-32-34-22-26(33)31(37-32)35-28-9-7-8-10-30(28)43(4,5)41;1-32-11-13-33(14-12-32)18-7-9-21(23(15-18)36-2)30-26-28-17-20(27)25(31-26)29-22-10-8-19(37(3,4)34)16-24(22)38(5,6)35;1-30-11-13-31(14-12-30)17-9-10-19(21(15-17)33-2)28-24-26-16-18(25)23(29-24)27-20-7-5-6-8-22(20)34(3,4)32/h7-12,21-24H,6,13-20H2,1-5H3,(H2,34,35,36,37);7-10,15-17H,11-14H2,1-6H3,(H2,28,29,30,31);5-10,15-16H,11-14H2,1-4H3,(H2,26,27,28,29). The number of hydrogen-bond acceptors (Lipinski definition) is 26. The van der Waals surface area contributed by atoms with E-state index in [9.17, 15) is 22.7 Å². The first kappa shape index (κ1) is 87.3. The highest BCUT2D eigenvalue weighted by molar-refractivity contribution is 7.72. The van der Waals surface area contributed by atoms with Gasteiger partial charge in [-0.25, -0.2) is 19.3 Å². The molecule has 6 N–H and O–H groups in total. The molecule has 13 rings (SSSR count). The number of rotatable bonds is 25. The van der Waals surface area contributed by atoms with Crippen LogP contribution < -0.4 is 82.0 Å². The van der Waals surface area contributed by atoms with Gasteiger partial charge in [-0.15, -0.1) is 0 Å². The molecule has 26 nitrogen and oxygen atoms in total. The number of nitrogens with zero attached hydrogens (tertiary/aromatic N) is 13. The second-order valence-electron chi connectivity index (χ2n) is 30.9. The lowest BCUT2D eigenvalue weighted by molar-refractivity contribution is 0.0878. The van der Waals surface area contributed by atoms with Gasteiger partial charge in [-0.2, -0.15) is 15.0 Å². The minimum atomic E-state index is -2.71. The molecule has 4 saturated heterocycles. The van der Waals surface area contributed by atoms with E-state index >= 15 is 0 Å². The zero-order valence-corrected chi connectivity index (χ0v) is 73.6. The Morgan fingerprint density at radius 3 is 1.24 bits per heavy atom. The minimum Gasteiger partial charge on any atom is -0.494 e. The van der Waals surface area contributed by atoms with Gasteiger partial charge in [-0.3, -0.25) is 4.90 Å². The molecule has 0 spiro atoms. The Balaban J connectivity index is 0.000000171. The van der Waals surface area contributed by atoms with E-state index < -0.39 is 34.4 Å². The van der Waals surface area contributed by atoms with E-state index in [1.165, 1.54) is 45.2 Å². The van der Waals surface area contributed by atoms with Crippen LogP contribution in [-0.4, -0.2) is 241 Å². The number of piperidine rings is 1. The normalized spacial score (nSPS) is 15.7. The SMILES string of the molecule is CCN1CCN(C2CCN(c3ccc(Nc4ncc(Cl)c(Nc5ccccc5P(C)(C)=O)n4)c(OC(C)C)c3)CC2)CC1.COc1cc(N2CCN(C)CC2)ccc1Nc1ncc(Cl)c(Nc2ccc(P(C)(C)=O)cc2P(C)(C)=O)n1.COc1cc(N2CCN(C)CC2)ccc1Nc1ncc(F)c(Nc2ccccc2P(C)(C)=O)n1. The molecule has 115 heavy (non-hydrogen) atoms. The zero-order valence-electron chi connectivity index (χ0n) is 68.5. The topological polar surface area (TPSA) is 268 Å². The summed E-state index contributed by atoms with van der Waals surface area (Å²) in [6.45, 7) is 35.7. The molecule has 6 aromatic carbocycles. The van der Waals surface area contributed by atoms with E-state index in [-0.39, 0.29) is 17.9 Å². The molecule has 7 heterocycles. The largest absolute Gasteiger partial charge is 0.494 e. The third-order valence-corrected chi connectivity index (χ3v) is 27.2. The van der Waals surface area contributed by atoms with Crippen LogP contribution in [0, 0.1) is 5.82 Å². The molecule has 0 saturated carbocycles. The average molecular weight is 1690 g/mol. The molecule has 0 amide bonds. The fraction of sp³-hybridized carbons (Fsp3) is 0.415. The number of aromatic nitrogens is 6. The second kappa shape index (κ2) is 38.7. The molecule has 33 heteroatoms. The molecular weight excluding hydrogens is 1580 g/mol. The van der Waals surface area contributed by atoms with E-state index in [2.05, 4.69) is 135 Å². The number of piperazine rings is 3. The van der Waals surface area contributed by atoms with Crippen molar-refractivity contribution in [1.29, 1.82) is 0 Å². The molecule has 9 aromatic rings. The Morgan fingerprint density at radius 1 is 0.443 bits per heavy atom. The number of halogens is 3. The van der Waals surface area contributed by atoms with E-state index in [1.54, 1.807) is 110 Å². The predicted molar refractivity (Wildman–Crippen MR) is 478 cm³/mol. The molecule has 616 valence electrons. The van der Waals surface area contributed by atoms with Crippen molar-refractivity contribution in [2.45, 2.75) is 45.8 Å². The summed E-state index contributed by atoms with van der Waals surface area (Å²) >= 11 is 12.9. The van der Waals surface area contributed by atoms with Gasteiger partial charge in [0.2, 0.25) is 17.8 Å². The third-order valence-electron chi connectivity index (χ3n) is 20.5. The van der Waals surface area contributed by atoms with Crippen molar-refractivity contribution in [2.75, 3.05) is 226 Å². The van der Waals surface area contributed by atoms with Crippen molar-refractivity contribution in [3.63, 3.8) is 0 Å². The minimum absolute atomic E-state index is 0.00182. The van der Waals surface area contributed by atoms with Gasteiger partial charge < -0.3 is 93.8 Å². The van der Waals surface area contributed by atoms with Crippen LogP contribution >= 0.6 is 51.8 Å². The molecule has 0 unspecified atom stereocenters. The van der Waals surface area contributed by atoms with Crippen LogP contribution in [0.5, 0.6) is 17.2 Å². The van der Waals surface area contributed by atoms with Crippen molar-refractivity contribution in [1.82, 2.24) is 49.5 Å². The highest BCUT2D eigenvalue weighted by Gasteiger charge is 2.30. The Bertz CT molecular complexity index is 5040. The first-order chi connectivity index (χ1) is 54.7. The highest BCUT2D eigenvalue weighted by Crippen LogP contribution is 2.45. The molecule has 0 radical (unpaired) electrons. The molecule has 0 aliphatic carbocycles. The predicted octanol–water partition coefficient (Wildman–Crippen LogP) is 15.2.